The highest BCUT2D eigenvalue weighted by Crippen LogP contribution is 2.27. The number of aromatic nitrogens is 3. The maximum Gasteiger partial charge on any atom is 0.170 e. The number of thiazole rings is 1. The zero-order chi connectivity index (χ0) is 20.4. The van der Waals surface area contributed by atoms with Crippen molar-refractivity contribution in [3.8, 4) is 11.3 Å². The maximum absolute atomic E-state index is 8.90. The highest BCUT2D eigenvalue weighted by Gasteiger charge is 2.11. The SMILES string of the molecule is Cc1nc(NC(C)c2cccc(/C(N)=N\O)c2)cc(-c2ccc3ncsc3c2)n1. The van der Waals surface area contributed by atoms with Crippen LogP contribution in [0.25, 0.3) is 21.5 Å². The van der Waals surface area contributed by atoms with Gasteiger partial charge in [-0.1, -0.05) is 29.4 Å². The van der Waals surface area contributed by atoms with Crippen molar-refractivity contribution in [1.29, 1.82) is 0 Å². The fourth-order valence-electron chi connectivity index (χ4n) is 3.13. The Labute approximate surface area is 172 Å². The van der Waals surface area contributed by atoms with Crippen molar-refractivity contribution < 1.29 is 5.21 Å². The molecule has 2 aromatic heterocycles. The Morgan fingerprint density at radius 3 is 2.86 bits per heavy atom. The van der Waals surface area contributed by atoms with Crippen molar-refractivity contribution in [2.24, 2.45) is 10.9 Å². The molecule has 0 aliphatic carbocycles. The molecule has 0 amide bonds. The molecule has 146 valence electrons. The molecule has 7 nitrogen and oxygen atoms in total. The third kappa shape index (κ3) is 4.02. The zero-order valence-electron chi connectivity index (χ0n) is 16.0. The van der Waals surface area contributed by atoms with Crippen molar-refractivity contribution >= 4 is 33.2 Å². The molecule has 0 saturated heterocycles. The number of rotatable bonds is 5. The van der Waals surface area contributed by atoms with E-state index in [2.05, 4.69) is 31.5 Å². The molecule has 1 unspecified atom stereocenters. The van der Waals surface area contributed by atoms with Gasteiger partial charge in [-0.3, -0.25) is 0 Å². The van der Waals surface area contributed by atoms with Crippen LogP contribution < -0.4 is 11.1 Å². The predicted molar refractivity (Wildman–Crippen MR) is 116 cm³/mol. The van der Waals surface area contributed by atoms with Gasteiger partial charge in [0.05, 0.1) is 21.4 Å². The molecule has 2 aromatic carbocycles. The molecule has 4 aromatic rings. The van der Waals surface area contributed by atoms with Crippen LogP contribution in [-0.4, -0.2) is 26.0 Å². The average molecular weight is 404 g/mol. The summed E-state index contributed by atoms with van der Waals surface area (Å²) in [6.07, 6.45) is 0. The Kier molecular flexibility index (Phi) is 5.09. The first-order valence-electron chi connectivity index (χ1n) is 9.07. The summed E-state index contributed by atoms with van der Waals surface area (Å²) in [6, 6.07) is 15.6. The smallest absolute Gasteiger partial charge is 0.170 e. The van der Waals surface area contributed by atoms with Crippen molar-refractivity contribution in [3.05, 3.63) is 71.0 Å². The van der Waals surface area contributed by atoms with Crippen molar-refractivity contribution in [3.63, 3.8) is 0 Å². The normalized spacial score (nSPS) is 12.8. The van der Waals surface area contributed by atoms with Crippen LogP contribution in [0.3, 0.4) is 0 Å². The van der Waals surface area contributed by atoms with Gasteiger partial charge in [0.25, 0.3) is 0 Å². The molecule has 0 saturated carbocycles. The Hall–Kier alpha value is -3.52. The van der Waals surface area contributed by atoms with E-state index < -0.39 is 0 Å². The molecule has 0 aliphatic rings. The summed E-state index contributed by atoms with van der Waals surface area (Å²) in [5, 5.41) is 15.4. The summed E-state index contributed by atoms with van der Waals surface area (Å²) in [5.74, 6) is 1.50. The summed E-state index contributed by atoms with van der Waals surface area (Å²) in [5.41, 5.74) is 12.1. The van der Waals surface area contributed by atoms with Crippen molar-refractivity contribution in [1.82, 2.24) is 15.0 Å². The summed E-state index contributed by atoms with van der Waals surface area (Å²) >= 11 is 1.61. The number of nitrogens with zero attached hydrogens (tertiary/aromatic N) is 4. The Morgan fingerprint density at radius 1 is 1.17 bits per heavy atom. The number of hydrogen-bond acceptors (Lipinski definition) is 7. The molecule has 0 spiro atoms. The fourth-order valence-corrected chi connectivity index (χ4v) is 3.85. The summed E-state index contributed by atoms with van der Waals surface area (Å²) < 4.78 is 1.13. The van der Waals surface area contributed by atoms with E-state index in [0.717, 1.165) is 32.9 Å². The minimum absolute atomic E-state index is 0.0347. The van der Waals surface area contributed by atoms with Gasteiger partial charge in [-0.15, -0.1) is 11.3 Å². The number of nitrogens with two attached hydrogens (primary N) is 1. The number of benzene rings is 2. The topological polar surface area (TPSA) is 109 Å². The van der Waals surface area contributed by atoms with Gasteiger partial charge in [0.1, 0.15) is 11.6 Å². The van der Waals surface area contributed by atoms with Crippen LogP contribution in [0.4, 0.5) is 5.82 Å². The third-order valence-electron chi connectivity index (χ3n) is 4.62. The second-order valence-electron chi connectivity index (χ2n) is 6.70. The molecule has 0 fully saturated rings. The molecular formula is C21H20N6OS. The number of hydrogen-bond donors (Lipinski definition) is 3. The summed E-state index contributed by atoms with van der Waals surface area (Å²) in [7, 11) is 0. The second-order valence-corrected chi connectivity index (χ2v) is 7.58. The van der Waals surface area contributed by atoms with E-state index in [4.69, 9.17) is 10.9 Å². The molecule has 29 heavy (non-hydrogen) atoms. The highest BCUT2D eigenvalue weighted by atomic mass is 32.1. The number of fused-ring (bicyclic) bond motifs is 1. The standard InChI is InChI=1S/C21H20N6OS/c1-12(14-4-3-5-16(8-14)21(22)27-28)24-20-10-18(25-13(2)26-20)15-6-7-17-19(9-15)29-11-23-17/h3-12,28H,1-2H3,(H2,22,27)(H,24,25,26). The molecule has 0 radical (unpaired) electrons. The Bertz CT molecular complexity index is 1200. The van der Waals surface area contributed by atoms with Crippen LogP contribution in [0.5, 0.6) is 0 Å². The van der Waals surface area contributed by atoms with E-state index in [9.17, 15) is 0 Å². The first-order valence-corrected chi connectivity index (χ1v) is 9.95. The quantitative estimate of drug-likeness (QED) is 0.198. The average Bonchev–Trinajstić information content (AvgIpc) is 3.20. The van der Waals surface area contributed by atoms with Crippen LogP contribution in [0.1, 0.15) is 29.9 Å². The minimum atomic E-state index is -0.0347. The van der Waals surface area contributed by atoms with Gasteiger partial charge in [-0.05, 0) is 37.6 Å². The van der Waals surface area contributed by atoms with E-state index in [-0.39, 0.29) is 11.9 Å². The van der Waals surface area contributed by atoms with Crippen LogP contribution in [-0.2, 0) is 0 Å². The van der Waals surface area contributed by atoms with Crippen LogP contribution in [0.2, 0.25) is 0 Å². The monoisotopic (exact) mass is 404 g/mol. The van der Waals surface area contributed by atoms with E-state index in [1.54, 1.807) is 17.4 Å². The first-order chi connectivity index (χ1) is 14.0. The van der Waals surface area contributed by atoms with Gasteiger partial charge >= 0.3 is 0 Å². The van der Waals surface area contributed by atoms with Crippen LogP contribution in [0.15, 0.2) is 59.2 Å². The number of oxime groups is 1. The van der Waals surface area contributed by atoms with Crippen LogP contribution in [0, 0.1) is 6.92 Å². The highest BCUT2D eigenvalue weighted by molar-refractivity contribution is 7.16. The second kappa shape index (κ2) is 7.84. The number of nitrogens with one attached hydrogen (secondary N) is 1. The molecule has 4 rings (SSSR count). The largest absolute Gasteiger partial charge is 0.409 e. The maximum atomic E-state index is 8.90. The zero-order valence-corrected chi connectivity index (χ0v) is 16.8. The lowest BCUT2D eigenvalue weighted by Gasteiger charge is -2.17. The minimum Gasteiger partial charge on any atom is -0.409 e. The number of aryl methyl sites for hydroxylation is 1. The van der Waals surface area contributed by atoms with Gasteiger partial charge in [-0.25, -0.2) is 15.0 Å². The van der Waals surface area contributed by atoms with Crippen molar-refractivity contribution in [2.45, 2.75) is 19.9 Å². The Balaban J connectivity index is 1.62. The van der Waals surface area contributed by atoms with E-state index in [0.29, 0.717) is 11.4 Å². The van der Waals surface area contributed by atoms with Gasteiger partial charge < -0.3 is 16.3 Å². The fraction of sp³-hybridized carbons (Fsp3) is 0.143. The molecule has 2 heterocycles. The lowest BCUT2D eigenvalue weighted by atomic mass is 10.0. The predicted octanol–water partition coefficient (Wildman–Crippen LogP) is 4.33. The van der Waals surface area contributed by atoms with E-state index in [1.807, 2.05) is 55.8 Å². The van der Waals surface area contributed by atoms with Crippen molar-refractivity contribution in [2.75, 3.05) is 5.32 Å². The molecular weight excluding hydrogens is 384 g/mol. The molecule has 0 bridgehead atoms. The summed E-state index contributed by atoms with van der Waals surface area (Å²) in [4.78, 5) is 13.5. The van der Waals surface area contributed by atoms with E-state index >= 15 is 0 Å². The van der Waals surface area contributed by atoms with E-state index in [1.165, 1.54) is 0 Å². The lowest BCUT2D eigenvalue weighted by Crippen LogP contribution is -2.15. The molecule has 8 heteroatoms. The van der Waals surface area contributed by atoms with Crippen LogP contribution >= 0.6 is 11.3 Å². The van der Waals surface area contributed by atoms with Gasteiger partial charge in [-0.2, -0.15) is 0 Å². The van der Waals surface area contributed by atoms with Gasteiger partial charge in [0.15, 0.2) is 5.84 Å². The number of anilines is 1. The number of amidine groups is 1. The summed E-state index contributed by atoms with van der Waals surface area (Å²) in [6.45, 7) is 3.91. The molecule has 1 atom stereocenters. The Morgan fingerprint density at radius 2 is 2.03 bits per heavy atom. The molecule has 4 N–H and O–H groups in total. The van der Waals surface area contributed by atoms with Gasteiger partial charge in [0, 0.05) is 23.2 Å². The third-order valence-corrected chi connectivity index (χ3v) is 5.41. The molecule has 0 aliphatic heterocycles. The first kappa shape index (κ1) is 18.8. The lowest BCUT2D eigenvalue weighted by molar-refractivity contribution is 0.318. The van der Waals surface area contributed by atoms with Gasteiger partial charge in [0.2, 0.25) is 0 Å².